The van der Waals surface area contributed by atoms with Crippen molar-refractivity contribution in [2.24, 2.45) is 5.92 Å². The van der Waals surface area contributed by atoms with Gasteiger partial charge in [0, 0.05) is 11.6 Å². The summed E-state index contributed by atoms with van der Waals surface area (Å²) >= 11 is 6.34. The Morgan fingerprint density at radius 2 is 2.09 bits per heavy atom. The van der Waals surface area contributed by atoms with Gasteiger partial charge in [0.2, 0.25) is 0 Å². The SMILES string of the molecule is Cc1ccc2c(NC3C4CCN(CC4)C34CC4)noc2c1Cl. The van der Waals surface area contributed by atoms with Crippen molar-refractivity contribution < 1.29 is 4.52 Å². The molecule has 2 aromatic rings. The van der Waals surface area contributed by atoms with Gasteiger partial charge in [0.05, 0.1) is 10.4 Å². The second-order valence-electron chi connectivity index (χ2n) is 7.15. The quantitative estimate of drug-likeness (QED) is 0.914. The highest BCUT2D eigenvalue weighted by molar-refractivity contribution is 6.35. The lowest BCUT2D eigenvalue weighted by atomic mass is 9.77. The van der Waals surface area contributed by atoms with Gasteiger partial charge in [-0.1, -0.05) is 22.8 Å². The molecule has 0 radical (unpaired) electrons. The van der Waals surface area contributed by atoms with Gasteiger partial charge in [-0.15, -0.1) is 0 Å². The van der Waals surface area contributed by atoms with Crippen LogP contribution in [-0.2, 0) is 0 Å². The van der Waals surface area contributed by atoms with Crippen molar-refractivity contribution in [3.63, 3.8) is 0 Å². The molecule has 22 heavy (non-hydrogen) atoms. The lowest BCUT2D eigenvalue weighted by Crippen LogP contribution is -2.62. The van der Waals surface area contributed by atoms with E-state index < -0.39 is 0 Å². The van der Waals surface area contributed by atoms with Crippen molar-refractivity contribution in [3.05, 3.63) is 22.7 Å². The summed E-state index contributed by atoms with van der Waals surface area (Å²) in [6.45, 7) is 4.53. The summed E-state index contributed by atoms with van der Waals surface area (Å²) in [7, 11) is 0. The second kappa shape index (κ2) is 4.39. The minimum Gasteiger partial charge on any atom is -0.362 e. The maximum absolute atomic E-state index is 6.34. The van der Waals surface area contributed by atoms with E-state index in [2.05, 4.69) is 21.4 Å². The van der Waals surface area contributed by atoms with Crippen LogP contribution < -0.4 is 5.32 Å². The van der Waals surface area contributed by atoms with Crippen molar-refractivity contribution >= 4 is 28.4 Å². The number of nitrogens with one attached hydrogen (secondary N) is 1. The third-order valence-corrected chi connectivity index (χ3v) is 6.52. The highest BCUT2D eigenvalue weighted by Crippen LogP contribution is 2.54. The van der Waals surface area contributed by atoms with Gasteiger partial charge in [0.15, 0.2) is 11.4 Å². The number of piperidine rings is 3. The molecule has 1 spiro atoms. The third kappa shape index (κ3) is 1.65. The smallest absolute Gasteiger partial charge is 0.187 e. The maximum Gasteiger partial charge on any atom is 0.187 e. The molecular formula is C17H20ClN3O. The first-order chi connectivity index (χ1) is 10.7. The molecular weight excluding hydrogens is 298 g/mol. The predicted molar refractivity (Wildman–Crippen MR) is 87.4 cm³/mol. The summed E-state index contributed by atoms with van der Waals surface area (Å²) in [6.07, 6.45) is 5.23. The number of nitrogens with zero attached hydrogens (tertiary/aromatic N) is 2. The van der Waals surface area contributed by atoms with Gasteiger partial charge >= 0.3 is 0 Å². The second-order valence-corrected chi connectivity index (χ2v) is 7.53. The average Bonchev–Trinajstić information content (AvgIpc) is 3.21. The zero-order valence-electron chi connectivity index (χ0n) is 12.7. The fraction of sp³-hybridized carbons (Fsp3) is 0.588. The van der Waals surface area contributed by atoms with Crippen LogP contribution in [0.25, 0.3) is 11.0 Å². The summed E-state index contributed by atoms with van der Waals surface area (Å²) in [4.78, 5) is 2.70. The Morgan fingerprint density at radius 1 is 1.32 bits per heavy atom. The molecule has 1 aromatic heterocycles. The molecule has 6 rings (SSSR count). The monoisotopic (exact) mass is 317 g/mol. The Bertz CT molecular complexity index is 744. The van der Waals surface area contributed by atoms with Crippen LogP contribution in [0.1, 0.15) is 31.2 Å². The number of fused-ring (bicyclic) bond motifs is 3. The molecule has 3 aliphatic heterocycles. The van der Waals surface area contributed by atoms with Gasteiger partial charge in [0.1, 0.15) is 0 Å². The summed E-state index contributed by atoms with van der Waals surface area (Å²) in [5.41, 5.74) is 2.12. The van der Waals surface area contributed by atoms with E-state index in [-0.39, 0.29) is 0 Å². The zero-order valence-corrected chi connectivity index (χ0v) is 13.5. The van der Waals surface area contributed by atoms with Gasteiger partial charge in [-0.25, -0.2) is 0 Å². The predicted octanol–water partition coefficient (Wildman–Crippen LogP) is 3.83. The van der Waals surface area contributed by atoms with Gasteiger partial charge in [-0.05, 0) is 63.2 Å². The number of aromatic nitrogens is 1. The lowest BCUT2D eigenvalue weighted by Gasteiger charge is -2.52. The minimum atomic E-state index is 0.390. The summed E-state index contributed by atoms with van der Waals surface area (Å²) in [5.74, 6) is 1.63. The van der Waals surface area contributed by atoms with E-state index >= 15 is 0 Å². The number of halogens is 1. The maximum atomic E-state index is 6.34. The van der Waals surface area contributed by atoms with Crippen molar-refractivity contribution in [2.75, 3.05) is 18.4 Å². The first-order valence-electron chi connectivity index (χ1n) is 8.25. The standard InChI is InChI=1S/C17H20ClN3O/c1-10-2-3-12-14(13(10)18)22-20-16(12)19-15-11-4-8-21(9-5-11)17(15)6-7-17/h2-3,11,15H,4-9H2,1H3,(H,19,20). The number of hydrogen-bond acceptors (Lipinski definition) is 4. The van der Waals surface area contributed by atoms with Gasteiger partial charge in [-0.2, -0.15) is 0 Å². The molecule has 1 atom stereocenters. The Hall–Kier alpha value is -1.26. The third-order valence-electron chi connectivity index (χ3n) is 6.05. The Morgan fingerprint density at radius 3 is 2.82 bits per heavy atom. The summed E-state index contributed by atoms with van der Waals surface area (Å²) < 4.78 is 5.51. The molecule has 4 fully saturated rings. The molecule has 0 amide bonds. The van der Waals surface area contributed by atoms with E-state index in [0.29, 0.717) is 22.2 Å². The first-order valence-corrected chi connectivity index (χ1v) is 8.63. The number of benzene rings is 1. The van der Waals surface area contributed by atoms with Crippen LogP contribution in [0.4, 0.5) is 5.82 Å². The van der Waals surface area contributed by atoms with Crippen LogP contribution in [-0.4, -0.2) is 34.7 Å². The fourth-order valence-corrected chi connectivity index (χ4v) is 4.84. The molecule has 4 heterocycles. The Kier molecular flexibility index (Phi) is 2.63. The summed E-state index contributed by atoms with van der Waals surface area (Å²) in [5, 5.41) is 9.69. The van der Waals surface area contributed by atoms with Crippen LogP contribution in [0.2, 0.25) is 5.02 Å². The minimum absolute atomic E-state index is 0.390. The number of hydrogen-bond donors (Lipinski definition) is 1. The molecule has 116 valence electrons. The van der Waals surface area contributed by atoms with Crippen molar-refractivity contribution in [1.29, 1.82) is 0 Å². The summed E-state index contributed by atoms with van der Waals surface area (Å²) in [6, 6.07) is 4.61. The number of aryl methyl sites for hydroxylation is 1. The van der Waals surface area contributed by atoms with E-state index in [4.69, 9.17) is 16.1 Å². The molecule has 1 N–H and O–H groups in total. The highest BCUT2D eigenvalue weighted by atomic mass is 35.5. The Labute approximate surface area is 134 Å². The molecule has 1 aromatic carbocycles. The Balaban J connectivity index is 1.53. The normalized spacial score (nSPS) is 31.8. The molecule has 1 aliphatic carbocycles. The van der Waals surface area contributed by atoms with Crippen molar-refractivity contribution in [2.45, 2.75) is 44.2 Å². The molecule has 3 saturated heterocycles. The van der Waals surface area contributed by atoms with Gasteiger partial charge < -0.3 is 9.84 Å². The van der Waals surface area contributed by atoms with E-state index in [1.165, 1.54) is 38.8 Å². The zero-order chi connectivity index (χ0) is 14.9. The van der Waals surface area contributed by atoms with Crippen LogP contribution >= 0.6 is 11.6 Å². The van der Waals surface area contributed by atoms with Gasteiger partial charge in [-0.3, -0.25) is 4.90 Å². The van der Waals surface area contributed by atoms with Crippen LogP contribution in [0, 0.1) is 12.8 Å². The number of anilines is 1. The van der Waals surface area contributed by atoms with Crippen LogP contribution in [0.3, 0.4) is 0 Å². The first kappa shape index (κ1) is 13.2. The average molecular weight is 318 g/mol. The largest absolute Gasteiger partial charge is 0.362 e. The van der Waals surface area contributed by atoms with Crippen LogP contribution in [0.5, 0.6) is 0 Å². The topological polar surface area (TPSA) is 41.3 Å². The van der Waals surface area contributed by atoms with Crippen molar-refractivity contribution in [1.82, 2.24) is 10.1 Å². The number of rotatable bonds is 2. The fourth-order valence-electron chi connectivity index (χ4n) is 4.64. The molecule has 1 saturated carbocycles. The van der Waals surface area contributed by atoms with E-state index in [1.54, 1.807) is 0 Å². The van der Waals surface area contributed by atoms with Gasteiger partial charge in [0.25, 0.3) is 0 Å². The molecule has 2 bridgehead atoms. The molecule has 1 unspecified atom stereocenters. The van der Waals surface area contributed by atoms with Crippen LogP contribution in [0.15, 0.2) is 16.7 Å². The molecule has 4 nitrogen and oxygen atoms in total. The van der Waals surface area contributed by atoms with E-state index in [1.807, 2.05) is 13.0 Å². The van der Waals surface area contributed by atoms with Crippen molar-refractivity contribution in [3.8, 4) is 0 Å². The molecule has 5 heteroatoms. The highest BCUT2D eigenvalue weighted by Gasteiger charge is 2.60. The van der Waals surface area contributed by atoms with E-state index in [0.717, 1.165) is 22.7 Å². The lowest BCUT2D eigenvalue weighted by molar-refractivity contribution is 0.0202. The van der Waals surface area contributed by atoms with E-state index in [9.17, 15) is 0 Å². The molecule has 4 aliphatic rings.